The molecule has 0 aliphatic carbocycles. The second kappa shape index (κ2) is 5.31. The lowest BCUT2D eigenvalue weighted by atomic mass is 10.1. The first kappa shape index (κ1) is 12.6. The maximum absolute atomic E-state index is 11.2. The lowest BCUT2D eigenvalue weighted by Gasteiger charge is -2.09. The van der Waals surface area contributed by atoms with Crippen LogP contribution in [0.4, 0.5) is 0 Å². The Morgan fingerprint density at radius 1 is 1.05 bits per heavy atom. The van der Waals surface area contributed by atoms with Crippen molar-refractivity contribution in [3.05, 3.63) is 71.4 Å². The number of hydrogen-bond acceptors (Lipinski definition) is 2. The Labute approximate surface area is 121 Å². The van der Waals surface area contributed by atoms with Gasteiger partial charge in [0, 0.05) is 16.1 Å². The van der Waals surface area contributed by atoms with Gasteiger partial charge in [-0.05, 0) is 30.3 Å². The number of carbonyl (C=O) groups is 1. The molecule has 3 rings (SSSR count). The number of aromatic nitrogens is 2. The predicted molar refractivity (Wildman–Crippen MR) is 79.4 cm³/mol. The third kappa shape index (κ3) is 2.24. The van der Waals surface area contributed by atoms with E-state index in [1.54, 1.807) is 23.0 Å². The molecule has 0 fully saturated rings. The van der Waals surface area contributed by atoms with Gasteiger partial charge < -0.3 is 0 Å². The van der Waals surface area contributed by atoms with Crippen LogP contribution in [0.25, 0.3) is 16.9 Å². The third-order valence-corrected chi connectivity index (χ3v) is 3.30. The molecule has 2 aromatic carbocycles. The first-order chi connectivity index (χ1) is 9.79. The zero-order valence-electron chi connectivity index (χ0n) is 10.5. The first-order valence-electron chi connectivity index (χ1n) is 6.14. The second-order valence-corrected chi connectivity index (χ2v) is 4.75. The van der Waals surface area contributed by atoms with Crippen molar-refractivity contribution in [3.8, 4) is 16.9 Å². The Morgan fingerprint density at radius 2 is 1.85 bits per heavy atom. The van der Waals surface area contributed by atoms with Gasteiger partial charge in [0.15, 0.2) is 6.29 Å². The Kier molecular flexibility index (Phi) is 3.35. The van der Waals surface area contributed by atoms with Crippen LogP contribution in [0.2, 0.25) is 5.02 Å². The van der Waals surface area contributed by atoms with Gasteiger partial charge in [-0.3, -0.25) is 4.79 Å². The summed E-state index contributed by atoms with van der Waals surface area (Å²) < 4.78 is 1.80. The minimum atomic E-state index is 0.543. The average Bonchev–Trinajstić information content (AvgIpc) is 2.97. The van der Waals surface area contributed by atoms with Crippen LogP contribution in [0.5, 0.6) is 0 Å². The highest BCUT2D eigenvalue weighted by Gasteiger charge is 2.11. The molecule has 1 heterocycles. The van der Waals surface area contributed by atoms with Crippen LogP contribution in [-0.4, -0.2) is 16.1 Å². The number of benzene rings is 2. The van der Waals surface area contributed by atoms with Gasteiger partial charge in [0.2, 0.25) is 0 Å². The van der Waals surface area contributed by atoms with E-state index in [1.165, 1.54) is 0 Å². The molecule has 0 unspecified atom stereocenters. The molecule has 0 saturated heterocycles. The third-order valence-electron chi connectivity index (χ3n) is 3.06. The SMILES string of the molecule is O=Cc1cc(Cl)ccc1-c1ccnn1-c1ccccc1. The highest BCUT2D eigenvalue weighted by Crippen LogP contribution is 2.27. The molecule has 0 aliphatic heterocycles. The smallest absolute Gasteiger partial charge is 0.150 e. The number of aldehydes is 1. The van der Waals surface area contributed by atoms with E-state index in [4.69, 9.17) is 11.6 Å². The molecular weight excluding hydrogens is 272 g/mol. The average molecular weight is 283 g/mol. The van der Waals surface area contributed by atoms with Gasteiger partial charge in [-0.2, -0.15) is 5.10 Å². The summed E-state index contributed by atoms with van der Waals surface area (Å²) in [6, 6.07) is 16.9. The molecule has 1 aromatic heterocycles. The van der Waals surface area contributed by atoms with Crippen molar-refractivity contribution in [2.24, 2.45) is 0 Å². The van der Waals surface area contributed by atoms with E-state index in [1.807, 2.05) is 42.5 Å². The summed E-state index contributed by atoms with van der Waals surface area (Å²) in [5.41, 5.74) is 3.16. The fraction of sp³-hybridized carbons (Fsp3) is 0. The lowest BCUT2D eigenvalue weighted by molar-refractivity contribution is 0.112. The largest absolute Gasteiger partial charge is 0.298 e. The number of rotatable bonds is 3. The van der Waals surface area contributed by atoms with E-state index in [-0.39, 0.29) is 0 Å². The zero-order chi connectivity index (χ0) is 13.9. The number of para-hydroxylation sites is 1. The molecule has 0 bridgehead atoms. The lowest BCUT2D eigenvalue weighted by Crippen LogP contribution is -2.00. The summed E-state index contributed by atoms with van der Waals surface area (Å²) in [6.45, 7) is 0. The van der Waals surface area contributed by atoms with Crippen molar-refractivity contribution in [3.63, 3.8) is 0 Å². The highest BCUT2D eigenvalue weighted by molar-refractivity contribution is 6.31. The highest BCUT2D eigenvalue weighted by atomic mass is 35.5. The molecule has 98 valence electrons. The first-order valence-corrected chi connectivity index (χ1v) is 6.52. The van der Waals surface area contributed by atoms with Crippen LogP contribution in [0, 0.1) is 0 Å². The second-order valence-electron chi connectivity index (χ2n) is 4.31. The molecule has 0 aliphatic rings. The van der Waals surface area contributed by atoms with Crippen molar-refractivity contribution in [1.29, 1.82) is 0 Å². The van der Waals surface area contributed by atoms with Gasteiger partial charge in [-0.1, -0.05) is 35.9 Å². The molecule has 0 radical (unpaired) electrons. The van der Waals surface area contributed by atoms with E-state index in [2.05, 4.69) is 5.10 Å². The molecular formula is C16H11ClN2O. The molecule has 4 heteroatoms. The zero-order valence-corrected chi connectivity index (χ0v) is 11.3. The van der Waals surface area contributed by atoms with Crippen molar-refractivity contribution < 1.29 is 4.79 Å². The Balaban J connectivity index is 2.18. The summed E-state index contributed by atoms with van der Waals surface area (Å²) in [5, 5.41) is 4.87. The standard InChI is InChI=1S/C16H11ClN2O/c17-13-6-7-15(12(10-13)11-20)16-8-9-18-19(16)14-4-2-1-3-5-14/h1-11H. The maximum Gasteiger partial charge on any atom is 0.150 e. The molecule has 0 saturated carbocycles. The summed E-state index contributed by atoms with van der Waals surface area (Å²) in [4.78, 5) is 11.2. The summed E-state index contributed by atoms with van der Waals surface area (Å²) in [5.74, 6) is 0. The van der Waals surface area contributed by atoms with Gasteiger partial charge in [0.25, 0.3) is 0 Å². The summed E-state index contributed by atoms with van der Waals surface area (Å²) >= 11 is 5.93. The predicted octanol–water partition coefficient (Wildman–Crippen LogP) is 4.01. The van der Waals surface area contributed by atoms with Crippen molar-refractivity contribution in [2.45, 2.75) is 0 Å². The van der Waals surface area contributed by atoms with E-state index >= 15 is 0 Å². The van der Waals surface area contributed by atoms with Crippen LogP contribution < -0.4 is 0 Å². The molecule has 0 spiro atoms. The fourth-order valence-corrected chi connectivity index (χ4v) is 2.33. The van der Waals surface area contributed by atoms with E-state index in [9.17, 15) is 4.79 Å². The minimum Gasteiger partial charge on any atom is -0.298 e. The monoisotopic (exact) mass is 282 g/mol. The van der Waals surface area contributed by atoms with E-state index < -0.39 is 0 Å². The number of halogens is 1. The molecule has 0 N–H and O–H groups in total. The molecule has 0 amide bonds. The van der Waals surface area contributed by atoms with Gasteiger partial charge >= 0.3 is 0 Å². The quantitative estimate of drug-likeness (QED) is 0.681. The molecule has 3 nitrogen and oxygen atoms in total. The number of nitrogens with zero attached hydrogens (tertiary/aromatic N) is 2. The Bertz CT molecular complexity index is 750. The van der Waals surface area contributed by atoms with Gasteiger partial charge in [-0.25, -0.2) is 4.68 Å². The van der Waals surface area contributed by atoms with E-state index in [0.717, 1.165) is 23.2 Å². The van der Waals surface area contributed by atoms with Gasteiger partial charge in [0.1, 0.15) is 0 Å². The fourth-order valence-electron chi connectivity index (χ4n) is 2.15. The van der Waals surface area contributed by atoms with Crippen LogP contribution in [0.15, 0.2) is 60.8 Å². The topological polar surface area (TPSA) is 34.9 Å². The molecule has 20 heavy (non-hydrogen) atoms. The minimum absolute atomic E-state index is 0.543. The van der Waals surface area contributed by atoms with Crippen LogP contribution in [-0.2, 0) is 0 Å². The molecule has 3 aromatic rings. The van der Waals surface area contributed by atoms with Gasteiger partial charge in [0.05, 0.1) is 17.6 Å². The number of hydrogen-bond donors (Lipinski definition) is 0. The summed E-state index contributed by atoms with van der Waals surface area (Å²) in [7, 11) is 0. The van der Waals surface area contributed by atoms with Crippen molar-refractivity contribution in [1.82, 2.24) is 9.78 Å². The summed E-state index contributed by atoms with van der Waals surface area (Å²) in [6.07, 6.45) is 2.52. The van der Waals surface area contributed by atoms with Crippen molar-refractivity contribution in [2.75, 3.05) is 0 Å². The molecule has 0 atom stereocenters. The maximum atomic E-state index is 11.2. The van der Waals surface area contributed by atoms with Crippen LogP contribution in [0.3, 0.4) is 0 Å². The normalized spacial score (nSPS) is 10.4. The number of carbonyl (C=O) groups excluding carboxylic acids is 1. The Hall–Kier alpha value is -2.39. The van der Waals surface area contributed by atoms with E-state index in [0.29, 0.717) is 10.6 Å². The van der Waals surface area contributed by atoms with Crippen LogP contribution in [0.1, 0.15) is 10.4 Å². The Morgan fingerprint density at radius 3 is 2.60 bits per heavy atom. The van der Waals surface area contributed by atoms with Crippen LogP contribution >= 0.6 is 11.6 Å². The van der Waals surface area contributed by atoms with Crippen molar-refractivity contribution >= 4 is 17.9 Å². The van der Waals surface area contributed by atoms with Gasteiger partial charge in [-0.15, -0.1) is 0 Å².